The summed E-state index contributed by atoms with van der Waals surface area (Å²) in [6.07, 6.45) is 1.64. The monoisotopic (exact) mass is 299 g/mol. The minimum atomic E-state index is 0.540. The van der Waals surface area contributed by atoms with Gasteiger partial charge in [-0.1, -0.05) is 23.2 Å². The summed E-state index contributed by atoms with van der Waals surface area (Å²) in [5.41, 5.74) is 1.78. The van der Waals surface area contributed by atoms with E-state index in [1.54, 1.807) is 18.4 Å². The van der Waals surface area contributed by atoms with Gasteiger partial charge in [-0.2, -0.15) is 0 Å². The Kier molecular flexibility index (Phi) is 4.75. The molecule has 0 amide bonds. The smallest absolute Gasteiger partial charge is 0.139 e. The Labute approximate surface area is 122 Å². The first-order valence-corrected chi connectivity index (χ1v) is 6.76. The molecule has 0 saturated heterocycles. The average Bonchev–Trinajstić information content (AvgIpc) is 2.82. The summed E-state index contributed by atoms with van der Waals surface area (Å²) >= 11 is 12.5. The van der Waals surface area contributed by atoms with E-state index >= 15 is 0 Å². The Morgan fingerprint density at radius 3 is 2.68 bits per heavy atom. The molecular weight excluding hydrogens is 285 g/mol. The fraction of sp³-hybridized carbons (Fsp3) is 0.286. The van der Waals surface area contributed by atoms with Crippen LogP contribution >= 0.6 is 23.2 Å². The van der Waals surface area contributed by atoms with E-state index in [4.69, 9.17) is 32.4 Å². The molecule has 102 valence electrons. The molecule has 0 fully saturated rings. The van der Waals surface area contributed by atoms with Gasteiger partial charge in [-0.25, -0.2) is 0 Å². The molecule has 2 aromatic rings. The highest BCUT2D eigenvalue weighted by Crippen LogP contribution is 2.38. The van der Waals surface area contributed by atoms with Gasteiger partial charge in [-0.3, -0.25) is 0 Å². The number of halogens is 2. The fourth-order valence-corrected chi connectivity index (χ4v) is 2.35. The lowest BCUT2D eigenvalue weighted by Crippen LogP contribution is -2.05. The number of hydrogen-bond donors (Lipinski definition) is 1. The molecule has 0 saturated carbocycles. The molecule has 1 heterocycles. The van der Waals surface area contributed by atoms with E-state index in [1.165, 1.54) is 0 Å². The van der Waals surface area contributed by atoms with Crippen LogP contribution in [0.3, 0.4) is 0 Å². The zero-order valence-electron chi connectivity index (χ0n) is 10.8. The Bertz CT molecular complexity index is 567. The Morgan fingerprint density at radius 1 is 1.21 bits per heavy atom. The molecule has 0 atom stereocenters. The third-order valence-electron chi connectivity index (χ3n) is 2.69. The van der Waals surface area contributed by atoms with Crippen LogP contribution in [-0.2, 0) is 6.54 Å². The number of furan rings is 1. The minimum Gasteiger partial charge on any atom is -0.492 e. The number of hydrogen-bond acceptors (Lipinski definition) is 3. The Balaban J connectivity index is 2.45. The van der Waals surface area contributed by atoms with E-state index in [-0.39, 0.29) is 0 Å². The molecule has 0 aliphatic carbocycles. The molecule has 2 rings (SSSR count). The van der Waals surface area contributed by atoms with Crippen molar-refractivity contribution in [2.45, 2.75) is 13.5 Å². The number of nitrogens with one attached hydrogen (secondary N) is 1. The van der Waals surface area contributed by atoms with Gasteiger partial charge in [0.25, 0.3) is 0 Å². The van der Waals surface area contributed by atoms with Gasteiger partial charge in [0.15, 0.2) is 0 Å². The van der Waals surface area contributed by atoms with Crippen molar-refractivity contribution >= 4 is 23.2 Å². The highest BCUT2D eigenvalue weighted by atomic mass is 35.5. The van der Waals surface area contributed by atoms with Crippen LogP contribution in [-0.4, -0.2) is 13.7 Å². The first kappa shape index (κ1) is 14.3. The summed E-state index contributed by atoms with van der Waals surface area (Å²) in [4.78, 5) is 0. The highest BCUT2D eigenvalue weighted by Gasteiger charge is 2.14. The molecule has 3 nitrogen and oxygen atoms in total. The molecule has 1 aromatic carbocycles. The first-order chi connectivity index (χ1) is 9.17. The van der Waals surface area contributed by atoms with Crippen molar-refractivity contribution in [3.05, 3.63) is 40.3 Å². The summed E-state index contributed by atoms with van der Waals surface area (Å²) in [6, 6.07) is 5.42. The summed E-state index contributed by atoms with van der Waals surface area (Å²) in [5.74, 6) is 1.42. The van der Waals surface area contributed by atoms with Crippen LogP contribution in [0.25, 0.3) is 11.1 Å². The van der Waals surface area contributed by atoms with Gasteiger partial charge in [0.1, 0.15) is 11.5 Å². The molecular formula is C14H15Cl2NO2. The van der Waals surface area contributed by atoms with E-state index in [9.17, 15) is 0 Å². The SMILES string of the molecule is CCOc1cc(Cl)c(-c2ccoc2CNC)cc1Cl. The number of ether oxygens (including phenoxy) is 1. The van der Waals surface area contributed by atoms with Gasteiger partial charge in [0.05, 0.1) is 29.5 Å². The van der Waals surface area contributed by atoms with Gasteiger partial charge >= 0.3 is 0 Å². The van der Waals surface area contributed by atoms with Crippen molar-refractivity contribution in [1.29, 1.82) is 0 Å². The summed E-state index contributed by atoms with van der Waals surface area (Å²) in [6.45, 7) is 3.08. The van der Waals surface area contributed by atoms with Crippen molar-refractivity contribution in [3.8, 4) is 16.9 Å². The first-order valence-electron chi connectivity index (χ1n) is 6.00. The lowest BCUT2D eigenvalue weighted by atomic mass is 10.1. The quantitative estimate of drug-likeness (QED) is 0.890. The van der Waals surface area contributed by atoms with E-state index in [0.717, 1.165) is 16.9 Å². The zero-order chi connectivity index (χ0) is 13.8. The molecule has 0 aliphatic rings. The van der Waals surface area contributed by atoms with Crippen LogP contribution in [0.4, 0.5) is 0 Å². The average molecular weight is 300 g/mol. The van der Waals surface area contributed by atoms with Crippen LogP contribution in [0.5, 0.6) is 5.75 Å². The summed E-state index contributed by atoms with van der Waals surface area (Å²) in [7, 11) is 1.86. The standard InChI is InChI=1S/C14H15Cl2NO2/c1-3-18-13-7-11(15)10(6-12(13)16)9-4-5-19-14(9)8-17-2/h4-7,17H,3,8H2,1-2H3. The minimum absolute atomic E-state index is 0.540. The van der Waals surface area contributed by atoms with E-state index in [1.807, 2.05) is 20.0 Å². The molecule has 0 aliphatic heterocycles. The lowest BCUT2D eigenvalue weighted by Gasteiger charge is -2.10. The van der Waals surface area contributed by atoms with E-state index < -0.39 is 0 Å². The zero-order valence-corrected chi connectivity index (χ0v) is 12.3. The molecule has 19 heavy (non-hydrogen) atoms. The predicted molar refractivity (Wildman–Crippen MR) is 78.1 cm³/mol. The summed E-state index contributed by atoms with van der Waals surface area (Å²) in [5, 5.41) is 4.18. The maximum atomic E-state index is 6.30. The third kappa shape index (κ3) is 3.06. The molecule has 0 unspecified atom stereocenters. The second-order valence-electron chi connectivity index (χ2n) is 3.98. The van der Waals surface area contributed by atoms with Crippen LogP contribution in [0.1, 0.15) is 12.7 Å². The van der Waals surface area contributed by atoms with Gasteiger partial charge in [-0.15, -0.1) is 0 Å². The van der Waals surface area contributed by atoms with E-state index in [2.05, 4.69) is 5.32 Å². The fourth-order valence-electron chi connectivity index (χ4n) is 1.88. The molecule has 0 bridgehead atoms. The van der Waals surface area contributed by atoms with Crippen molar-refractivity contribution < 1.29 is 9.15 Å². The van der Waals surface area contributed by atoms with Crippen molar-refractivity contribution in [2.75, 3.05) is 13.7 Å². The topological polar surface area (TPSA) is 34.4 Å². The maximum absolute atomic E-state index is 6.30. The summed E-state index contributed by atoms with van der Waals surface area (Å²) < 4.78 is 10.9. The highest BCUT2D eigenvalue weighted by molar-refractivity contribution is 6.36. The third-order valence-corrected chi connectivity index (χ3v) is 3.30. The largest absolute Gasteiger partial charge is 0.492 e. The molecule has 1 N–H and O–H groups in total. The Hall–Kier alpha value is -1.16. The van der Waals surface area contributed by atoms with Gasteiger partial charge in [0, 0.05) is 17.2 Å². The number of rotatable bonds is 5. The molecule has 1 aromatic heterocycles. The van der Waals surface area contributed by atoms with Crippen molar-refractivity contribution in [2.24, 2.45) is 0 Å². The maximum Gasteiger partial charge on any atom is 0.139 e. The predicted octanol–water partition coefficient (Wildman–Crippen LogP) is 4.37. The Morgan fingerprint density at radius 2 is 2.00 bits per heavy atom. The lowest BCUT2D eigenvalue weighted by molar-refractivity contribution is 0.340. The van der Waals surface area contributed by atoms with Crippen molar-refractivity contribution in [3.63, 3.8) is 0 Å². The number of benzene rings is 1. The van der Waals surface area contributed by atoms with Gasteiger partial charge in [-0.05, 0) is 26.1 Å². The van der Waals surface area contributed by atoms with E-state index in [0.29, 0.717) is 28.9 Å². The van der Waals surface area contributed by atoms with Crippen LogP contribution in [0.15, 0.2) is 28.9 Å². The molecule has 0 spiro atoms. The van der Waals surface area contributed by atoms with Crippen LogP contribution < -0.4 is 10.1 Å². The van der Waals surface area contributed by atoms with Gasteiger partial charge < -0.3 is 14.5 Å². The second kappa shape index (κ2) is 6.33. The van der Waals surface area contributed by atoms with Crippen molar-refractivity contribution in [1.82, 2.24) is 5.32 Å². The van der Waals surface area contributed by atoms with Crippen LogP contribution in [0.2, 0.25) is 10.0 Å². The van der Waals surface area contributed by atoms with Gasteiger partial charge in [0.2, 0.25) is 0 Å². The molecule has 0 radical (unpaired) electrons. The molecule has 5 heteroatoms. The van der Waals surface area contributed by atoms with Crippen LogP contribution in [0, 0.1) is 0 Å². The second-order valence-corrected chi connectivity index (χ2v) is 4.80. The normalized spacial score (nSPS) is 10.7.